The van der Waals surface area contributed by atoms with Gasteiger partial charge in [-0.15, -0.1) is 0 Å². The summed E-state index contributed by atoms with van der Waals surface area (Å²) in [5.41, 5.74) is 13.6. The van der Waals surface area contributed by atoms with E-state index in [9.17, 15) is 0 Å². The second-order valence-corrected chi connectivity index (χ2v) is 14.1. The first-order chi connectivity index (χ1) is 27.3. The number of anilines is 3. The molecule has 0 aliphatic carbocycles. The SMILES string of the molecule is c1cc(-c2cccc3oc4ccccc4c23)cc(N(c2ccc(-c3cccc4ccccc34)cc2)c2ccc(-c3cccc4c3oc3ccccc34)cc2)c1. The normalized spacial score (nSPS) is 11.6. The summed E-state index contributed by atoms with van der Waals surface area (Å²) in [7, 11) is 0. The summed E-state index contributed by atoms with van der Waals surface area (Å²) in [5, 5.41) is 7.00. The average molecular weight is 704 g/mol. The van der Waals surface area contributed by atoms with Gasteiger partial charge in [-0.2, -0.15) is 0 Å². The summed E-state index contributed by atoms with van der Waals surface area (Å²) in [6.45, 7) is 0. The zero-order chi connectivity index (χ0) is 36.3. The molecule has 0 spiro atoms. The second-order valence-electron chi connectivity index (χ2n) is 14.1. The maximum absolute atomic E-state index is 6.42. The molecule has 0 aliphatic heterocycles. The molecule has 0 bridgehead atoms. The van der Waals surface area contributed by atoms with Gasteiger partial charge in [-0.05, 0) is 93.2 Å². The van der Waals surface area contributed by atoms with Gasteiger partial charge in [0.15, 0.2) is 0 Å². The van der Waals surface area contributed by atoms with Crippen LogP contribution >= 0.6 is 0 Å². The molecule has 11 rings (SSSR count). The maximum atomic E-state index is 6.42. The Morgan fingerprint density at radius 3 is 1.65 bits per heavy atom. The van der Waals surface area contributed by atoms with Crippen LogP contribution in [-0.4, -0.2) is 0 Å². The van der Waals surface area contributed by atoms with Crippen molar-refractivity contribution in [3.8, 4) is 33.4 Å². The van der Waals surface area contributed by atoms with Gasteiger partial charge in [-0.1, -0.05) is 146 Å². The molecule has 0 aliphatic rings. The van der Waals surface area contributed by atoms with Gasteiger partial charge in [-0.25, -0.2) is 0 Å². The average Bonchev–Trinajstić information content (AvgIpc) is 3.83. The molecule has 0 unspecified atom stereocenters. The van der Waals surface area contributed by atoms with E-state index in [4.69, 9.17) is 8.83 Å². The van der Waals surface area contributed by atoms with E-state index in [-0.39, 0.29) is 0 Å². The molecule has 11 aromatic rings. The molecule has 55 heavy (non-hydrogen) atoms. The van der Waals surface area contributed by atoms with Crippen LogP contribution in [0.1, 0.15) is 0 Å². The highest BCUT2D eigenvalue weighted by Crippen LogP contribution is 2.42. The number of benzene rings is 9. The first-order valence-corrected chi connectivity index (χ1v) is 18.7. The third-order valence-electron chi connectivity index (χ3n) is 10.9. The standard InChI is InChI=1S/C52H33NO2/c1-2-15-41-34(11-1)12-8-18-42(41)35-25-29-38(30-26-35)53(39-31-27-36(28-32-39)44-20-9-21-46-45-16-3-5-22-48(45)55-52(44)46)40-14-7-13-37(33-40)43-19-10-24-50-51(43)47-17-4-6-23-49(47)54-50/h1-33H. The van der Waals surface area contributed by atoms with Crippen molar-refractivity contribution in [1.82, 2.24) is 0 Å². The van der Waals surface area contributed by atoms with Crippen LogP contribution < -0.4 is 4.90 Å². The molecule has 0 amide bonds. The van der Waals surface area contributed by atoms with Gasteiger partial charge >= 0.3 is 0 Å². The van der Waals surface area contributed by atoms with E-state index in [1.165, 1.54) is 21.9 Å². The lowest BCUT2D eigenvalue weighted by molar-refractivity contribution is 0.669. The topological polar surface area (TPSA) is 29.5 Å². The molecule has 0 radical (unpaired) electrons. The largest absolute Gasteiger partial charge is 0.456 e. The Bertz CT molecular complexity index is 3200. The summed E-state index contributed by atoms with van der Waals surface area (Å²) in [6.07, 6.45) is 0. The van der Waals surface area contributed by atoms with Crippen molar-refractivity contribution in [2.75, 3.05) is 4.90 Å². The van der Waals surface area contributed by atoms with Crippen molar-refractivity contribution >= 4 is 71.7 Å². The summed E-state index contributed by atoms with van der Waals surface area (Å²) >= 11 is 0. The van der Waals surface area contributed by atoms with Crippen molar-refractivity contribution in [1.29, 1.82) is 0 Å². The van der Waals surface area contributed by atoms with E-state index in [1.807, 2.05) is 24.3 Å². The molecule has 3 nitrogen and oxygen atoms in total. The summed E-state index contributed by atoms with van der Waals surface area (Å²) in [6, 6.07) is 71.0. The zero-order valence-electron chi connectivity index (χ0n) is 29.8. The van der Waals surface area contributed by atoms with Gasteiger partial charge in [0, 0.05) is 44.2 Å². The van der Waals surface area contributed by atoms with Crippen LogP contribution in [0.3, 0.4) is 0 Å². The third-order valence-corrected chi connectivity index (χ3v) is 10.9. The number of hydrogen-bond donors (Lipinski definition) is 0. The van der Waals surface area contributed by atoms with Crippen LogP contribution in [0.4, 0.5) is 17.1 Å². The number of hydrogen-bond acceptors (Lipinski definition) is 3. The number of para-hydroxylation sites is 3. The molecule has 0 N–H and O–H groups in total. The van der Waals surface area contributed by atoms with Crippen molar-refractivity contribution < 1.29 is 8.83 Å². The van der Waals surface area contributed by atoms with Crippen molar-refractivity contribution in [2.45, 2.75) is 0 Å². The Morgan fingerprint density at radius 2 is 0.855 bits per heavy atom. The predicted octanol–water partition coefficient (Wildman–Crippen LogP) is 15.1. The van der Waals surface area contributed by atoms with Gasteiger partial charge in [0.1, 0.15) is 22.3 Å². The number of nitrogens with zero attached hydrogens (tertiary/aromatic N) is 1. The smallest absolute Gasteiger partial charge is 0.143 e. The van der Waals surface area contributed by atoms with Gasteiger partial charge in [-0.3, -0.25) is 0 Å². The lowest BCUT2D eigenvalue weighted by Crippen LogP contribution is -2.10. The van der Waals surface area contributed by atoms with Crippen LogP contribution in [0.5, 0.6) is 0 Å². The second kappa shape index (κ2) is 12.6. The Labute approximate surface area is 317 Å². The number of furan rings is 2. The highest BCUT2D eigenvalue weighted by Gasteiger charge is 2.18. The minimum Gasteiger partial charge on any atom is -0.456 e. The van der Waals surface area contributed by atoms with Crippen LogP contribution in [0, 0.1) is 0 Å². The van der Waals surface area contributed by atoms with Gasteiger partial charge in [0.25, 0.3) is 0 Å². The van der Waals surface area contributed by atoms with E-state index < -0.39 is 0 Å². The third kappa shape index (κ3) is 5.20. The zero-order valence-corrected chi connectivity index (χ0v) is 29.8. The van der Waals surface area contributed by atoms with E-state index in [0.717, 1.165) is 83.2 Å². The minimum atomic E-state index is 0.889. The van der Waals surface area contributed by atoms with Crippen LogP contribution in [0.25, 0.3) is 88.0 Å². The number of rotatable bonds is 6. The first-order valence-electron chi connectivity index (χ1n) is 18.7. The lowest BCUT2D eigenvalue weighted by atomic mass is 9.97. The van der Waals surface area contributed by atoms with E-state index in [0.29, 0.717) is 0 Å². The van der Waals surface area contributed by atoms with Crippen LogP contribution in [-0.2, 0) is 0 Å². The molecular formula is C52H33NO2. The van der Waals surface area contributed by atoms with Gasteiger partial charge in [0.2, 0.25) is 0 Å². The Hall–Kier alpha value is -7.36. The van der Waals surface area contributed by atoms with E-state index in [1.54, 1.807) is 0 Å². The molecule has 9 aromatic carbocycles. The fourth-order valence-electron chi connectivity index (χ4n) is 8.31. The molecule has 0 saturated carbocycles. The molecule has 0 fully saturated rings. The molecule has 0 saturated heterocycles. The molecule has 2 aromatic heterocycles. The van der Waals surface area contributed by atoms with Gasteiger partial charge in [0.05, 0.1) is 0 Å². The first kappa shape index (κ1) is 31.2. The minimum absolute atomic E-state index is 0.889. The van der Waals surface area contributed by atoms with Crippen molar-refractivity contribution in [3.63, 3.8) is 0 Å². The summed E-state index contributed by atoms with van der Waals surface area (Å²) in [5.74, 6) is 0. The van der Waals surface area contributed by atoms with E-state index >= 15 is 0 Å². The monoisotopic (exact) mass is 703 g/mol. The Kier molecular flexibility index (Phi) is 7.17. The number of fused-ring (bicyclic) bond motifs is 7. The fourth-order valence-corrected chi connectivity index (χ4v) is 8.31. The van der Waals surface area contributed by atoms with Crippen molar-refractivity contribution in [2.24, 2.45) is 0 Å². The molecule has 0 atom stereocenters. The molecule has 258 valence electrons. The fraction of sp³-hybridized carbons (Fsp3) is 0. The Balaban J connectivity index is 1.05. The van der Waals surface area contributed by atoms with Crippen LogP contribution in [0.2, 0.25) is 0 Å². The summed E-state index contributed by atoms with van der Waals surface area (Å²) in [4.78, 5) is 2.34. The maximum Gasteiger partial charge on any atom is 0.143 e. The quantitative estimate of drug-likeness (QED) is 0.173. The van der Waals surface area contributed by atoms with Crippen molar-refractivity contribution in [3.05, 3.63) is 200 Å². The highest BCUT2D eigenvalue weighted by molar-refractivity contribution is 6.13. The highest BCUT2D eigenvalue weighted by atomic mass is 16.3. The van der Waals surface area contributed by atoms with Crippen LogP contribution in [0.15, 0.2) is 209 Å². The Morgan fingerprint density at radius 1 is 0.309 bits per heavy atom. The molecular weight excluding hydrogens is 671 g/mol. The summed E-state index contributed by atoms with van der Waals surface area (Å²) < 4.78 is 12.7. The lowest BCUT2D eigenvalue weighted by Gasteiger charge is -2.26. The molecule has 3 heteroatoms. The van der Waals surface area contributed by atoms with E-state index in [2.05, 4.69) is 181 Å². The molecule has 2 heterocycles. The van der Waals surface area contributed by atoms with Gasteiger partial charge < -0.3 is 13.7 Å². The predicted molar refractivity (Wildman–Crippen MR) is 229 cm³/mol.